The Labute approximate surface area is 88.3 Å². The largest absolute Gasteiger partial charge is 0.382 e. The minimum absolute atomic E-state index is 0.659. The Morgan fingerprint density at radius 2 is 2.36 bits per heavy atom. The number of rotatable bonds is 8. The molecule has 1 rings (SSSR count). The van der Waals surface area contributed by atoms with Crippen molar-refractivity contribution in [1.29, 1.82) is 0 Å². The van der Waals surface area contributed by atoms with Gasteiger partial charge in [0, 0.05) is 25.6 Å². The molecule has 0 fully saturated rings. The lowest BCUT2D eigenvalue weighted by Crippen LogP contribution is -2.20. The van der Waals surface area contributed by atoms with Crippen LogP contribution < -0.4 is 5.32 Å². The summed E-state index contributed by atoms with van der Waals surface area (Å²) in [5, 5.41) is 5.28. The number of aromatic nitrogens is 1. The molecule has 0 bridgehead atoms. The first-order valence-corrected chi connectivity index (χ1v) is 5.52. The monoisotopic (exact) mass is 216 g/mol. The van der Waals surface area contributed by atoms with Gasteiger partial charge in [0.15, 0.2) is 0 Å². The molecule has 4 nitrogen and oxygen atoms in total. The van der Waals surface area contributed by atoms with Gasteiger partial charge < -0.3 is 14.8 Å². The zero-order valence-electron chi connectivity index (χ0n) is 8.36. The number of nitrogens with one attached hydrogen (secondary N) is 1. The van der Waals surface area contributed by atoms with E-state index in [-0.39, 0.29) is 0 Å². The van der Waals surface area contributed by atoms with Gasteiger partial charge in [0.05, 0.1) is 31.0 Å². The summed E-state index contributed by atoms with van der Waals surface area (Å²) in [7, 11) is 1.67. The van der Waals surface area contributed by atoms with E-state index in [4.69, 9.17) is 9.47 Å². The molecule has 80 valence electrons. The maximum atomic E-state index is 5.29. The highest BCUT2D eigenvalue weighted by Crippen LogP contribution is 1.99. The van der Waals surface area contributed by atoms with Crippen LogP contribution >= 0.6 is 11.3 Å². The Bertz CT molecular complexity index is 217. The van der Waals surface area contributed by atoms with Crippen molar-refractivity contribution >= 4 is 11.3 Å². The van der Waals surface area contributed by atoms with Crippen molar-refractivity contribution in [2.45, 2.75) is 6.54 Å². The summed E-state index contributed by atoms with van der Waals surface area (Å²) < 4.78 is 10.1. The van der Waals surface area contributed by atoms with Crippen LogP contribution in [0.2, 0.25) is 0 Å². The van der Waals surface area contributed by atoms with Gasteiger partial charge in [-0.2, -0.15) is 0 Å². The molecule has 0 aliphatic carbocycles. The zero-order valence-corrected chi connectivity index (χ0v) is 9.18. The fraction of sp³-hybridized carbons (Fsp3) is 0.667. The molecule has 0 aliphatic rings. The Kier molecular flexibility index (Phi) is 6.51. The lowest BCUT2D eigenvalue weighted by Gasteiger charge is -2.04. The van der Waals surface area contributed by atoms with Crippen LogP contribution in [0.15, 0.2) is 10.9 Å². The lowest BCUT2D eigenvalue weighted by molar-refractivity contribution is 0.0719. The molecule has 0 spiro atoms. The normalized spacial score (nSPS) is 10.6. The highest BCUT2D eigenvalue weighted by atomic mass is 32.1. The molecule has 5 heteroatoms. The van der Waals surface area contributed by atoms with Crippen molar-refractivity contribution in [2.24, 2.45) is 0 Å². The second kappa shape index (κ2) is 7.87. The van der Waals surface area contributed by atoms with Gasteiger partial charge >= 0.3 is 0 Å². The van der Waals surface area contributed by atoms with Gasteiger partial charge in [0.1, 0.15) is 0 Å². The number of ether oxygens (including phenoxy) is 2. The van der Waals surface area contributed by atoms with Gasteiger partial charge in [-0.1, -0.05) is 0 Å². The molecule has 0 atom stereocenters. The molecule has 14 heavy (non-hydrogen) atoms. The van der Waals surface area contributed by atoms with E-state index in [0.717, 1.165) is 18.8 Å². The number of hydrogen-bond acceptors (Lipinski definition) is 5. The van der Waals surface area contributed by atoms with E-state index in [0.29, 0.717) is 19.8 Å². The number of hydrogen-bond donors (Lipinski definition) is 1. The van der Waals surface area contributed by atoms with Gasteiger partial charge in [0.25, 0.3) is 0 Å². The third kappa shape index (κ3) is 5.29. The fourth-order valence-electron chi connectivity index (χ4n) is 0.930. The summed E-state index contributed by atoms with van der Waals surface area (Å²) in [5.74, 6) is 0. The molecule has 0 amide bonds. The number of thiazole rings is 1. The Morgan fingerprint density at radius 1 is 1.43 bits per heavy atom. The third-order valence-electron chi connectivity index (χ3n) is 1.64. The molecule has 1 heterocycles. The van der Waals surface area contributed by atoms with E-state index in [9.17, 15) is 0 Å². The van der Waals surface area contributed by atoms with Gasteiger partial charge in [0.2, 0.25) is 0 Å². The molecule has 0 unspecified atom stereocenters. The van der Waals surface area contributed by atoms with Crippen LogP contribution in [0.5, 0.6) is 0 Å². The fourth-order valence-corrected chi connectivity index (χ4v) is 1.49. The minimum atomic E-state index is 0.659. The van der Waals surface area contributed by atoms with Crippen LogP contribution in [0.1, 0.15) is 5.69 Å². The van der Waals surface area contributed by atoms with Crippen molar-refractivity contribution in [3.05, 3.63) is 16.6 Å². The molecular weight excluding hydrogens is 200 g/mol. The summed E-state index contributed by atoms with van der Waals surface area (Å²) in [6.45, 7) is 3.70. The maximum absolute atomic E-state index is 5.29. The Morgan fingerprint density at radius 3 is 3.07 bits per heavy atom. The highest BCUT2D eigenvalue weighted by molar-refractivity contribution is 7.07. The number of nitrogens with zero attached hydrogens (tertiary/aromatic N) is 1. The first kappa shape index (κ1) is 11.6. The molecule has 1 aromatic heterocycles. The van der Waals surface area contributed by atoms with Gasteiger partial charge in [-0.3, -0.25) is 0 Å². The van der Waals surface area contributed by atoms with E-state index < -0.39 is 0 Å². The second-order valence-electron chi connectivity index (χ2n) is 2.76. The molecule has 1 aromatic rings. The van der Waals surface area contributed by atoms with Crippen molar-refractivity contribution in [1.82, 2.24) is 10.3 Å². The summed E-state index contributed by atoms with van der Waals surface area (Å²) >= 11 is 1.62. The molecular formula is C9H16N2O2S. The summed E-state index contributed by atoms with van der Waals surface area (Å²) in [6.07, 6.45) is 0. The van der Waals surface area contributed by atoms with E-state index in [1.165, 1.54) is 0 Å². The van der Waals surface area contributed by atoms with Crippen molar-refractivity contribution in [3.8, 4) is 0 Å². The molecule has 0 aliphatic heterocycles. The summed E-state index contributed by atoms with van der Waals surface area (Å²) in [6, 6.07) is 0. The predicted octanol–water partition coefficient (Wildman–Crippen LogP) is 0.896. The quantitative estimate of drug-likeness (QED) is 0.656. The third-order valence-corrected chi connectivity index (χ3v) is 2.28. The van der Waals surface area contributed by atoms with E-state index >= 15 is 0 Å². The topological polar surface area (TPSA) is 43.4 Å². The van der Waals surface area contributed by atoms with E-state index in [1.807, 2.05) is 10.9 Å². The molecule has 0 radical (unpaired) electrons. The van der Waals surface area contributed by atoms with Crippen LogP contribution in [0, 0.1) is 0 Å². The summed E-state index contributed by atoms with van der Waals surface area (Å²) in [4.78, 5) is 4.16. The predicted molar refractivity (Wildman–Crippen MR) is 56.5 cm³/mol. The first-order valence-electron chi connectivity index (χ1n) is 4.58. The van der Waals surface area contributed by atoms with Gasteiger partial charge in [-0.05, 0) is 0 Å². The SMILES string of the molecule is COCCOCCNCc1cscn1. The van der Waals surface area contributed by atoms with Crippen molar-refractivity contribution in [3.63, 3.8) is 0 Å². The number of methoxy groups -OCH3 is 1. The minimum Gasteiger partial charge on any atom is -0.382 e. The van der Waals surface area contributed by atoms with E-state index in [1.54, 1.807) is 18.4 Å². The standard InChI is InChI=1S/C9H16N2O2S/c1-12-4-5-13-3-2-10-6-9-7-14-8-11-9/h7-8,10H,2-6H2,1H3. The van der Waals surface area contributed by atoms with Gasteiger partial charge in [-0.15, -0.1) is 11.3 Å². The average Bonchev–Trinajstić information content (AvgIpc) is 2.69. The molecule has 0 saturated carbocycles. The molecule has 1 N–H and O–H groups in total. The van der Waals surface area contributed by atoms with Crippen molar-refractivity contribution in [2.75, 3.05) is 33.5 Å². The van der Waals surface area contributed by atoms with E-state index in [2.05, 4.69) is 10.3 Å². The molecule has 0 aromatic carbocycles. The van der Waals surface area contributed by atoms with Crippen LogP contribution in [0.25, 0.3) is 0 Å². The Balaban J connectivity index is 1.85. The lowest BCUT2D eigenvalue weighted by atomic mass is 10.5. The molecule has 0 saturated heterocycles. The van der Waals surface area contributed by atoms with Crippen LogP contribution in [0.4, 0.5) is 0 Å². The smallest absolute Gasteiger partial charge is 0.0795 e. The highest BCUT2D eigenvalue weighted by Gasteiger charge is 1.93. The summed E-state index contributed by atoms with van der Waals surface area (Å²) in [5.41, 5.74) is 2.93. The Hall–Kier alpha value is -0.490. The van der Waals surface area contributed by atoms with Crippen LogP contribution in [-0.2, 0) is 16.0 Å². The van der Waals surface area contributed by atoms with Crippen LogP contribution in [0.3, 0.4) is 0 Å². The first-order chi connectivity index (χ1) is 6.93. The zero-order chi connectivity index (χ0) is 10.1. The van der Waals surface area contributed by atoms with Gasteiger partial charge in [-0.25, -0.2) is 4.98 Å². The maximum Gasteiger partial charge on any atom is 0.0795 e. The average molecular weight is 216 g/mol. The second-order valence-corrected chi connectivity index (χ2v) is 3.48. The van der Waals surface area contributed by atoms with Crippen LogP contribution in [-0.4, -0.2) is 38.5 Å². The van der Waals surface area contributed by atoms with Crippen molar-refractivity contribution < 1.29 is 9.47 Å².